The van der Waals surface area contributed by atoms with Crippen molar-refractivity contribution in [1.29, 1.82) is 0 Å². The van der Waals surface area contributed by atoms with Crippen LogP contribution < -0.4 is 5.32 Å². The lowest BCUT2D eigenvalue weighted by molar-refractivity contribution is -0.114. The van der Waals surface area contributed by atoms with E-state index in [0.717, 1.165) is 12.1 Å². The van der Waals surface area contributed by atoms with Gasteiger partial charge in [-0.15, -0.1) is 0 Å². The van der Waals surface area contributed by atoms with Crippen LogP contribution in [-0.4, -0.2) is 10.7 Å². The number of amides is 1. The highest BCUT2D eigenvalue weighted by atomic mass is 79.9. The van der Waals surface area contributed by atoms with Crippen molar-refractivity contribution in [2.75, 3.05) is 5.32 Å². The van der Waals surface area contributed by atoms with Gasteiger partial charge in [-0.3, -0.25) is 4.79 Å². The minimum Gasteiger partial charge on any atom is -0.326 e. The number of halogens is 1. The van der Waals surface area contributed by atoms with Gasteiger partial charge in [0.05, 0.1) is 0 Å². The molecule has 3 heteroatoms. The highest BCUT2D eigenvalue weighted by Gasteiger charge is 1.99. The number of anilines is 1. The van der Waals surface area contributed by atoms with Crippen LogP contribution in [0.2, 0.25) is 0 Å². The molecule has 1 aromatic rings. The molecule has 76 valence electrons. The number of hydrogen-bond acceptors (Lipinski definition) is 1. The van der Waals surface area contributed by atoms with Gasteiger partial charge in [-0.1, -0.05) is 35.0 Å². The van der Waals surface area contributed by atoms with Gasteiger partial charge >= 0.3 is 0 Å². The van der Waals surface area contributed by atoms with Gasteiger partial charge in [-0.05, 0) is 24.1 Å². The van der Waals surface area contributed by atoms with E-state index in [1.807, 2.05) is 24.3 Å². The predicted molar refractivity (Wildman–Crippen MR) is 62.8 cm³/mol. The molecule has 0 aliphatic carbocycles. The van der Waals surface area contributed by atoms with Crippen LogP contribution in [0.1, 0.15) is 19.4 Å². The van der Waals surface area contributed by atoms with E-state index in [9.17, 15) is 4.79 Å². The fourth-order valence-corrected chi connectivity index (χ4v) is 1.63. The minimum atomic E-state index is -0.0355. The zero-order valence-corrected chi connectivity index (χ0v) is 9.97. The van der Waals surface area contributed by atoms with Gasteiger partial charge < -0.3 is 5.32 Å². The molecule has 0 saturated carbocycles. The molecule has 0 bridgehead atoms. The first-order valence-corrected chi connectivity index (χ1v) is 5.50. The van der Waals surface area contributed by atoms with Gasteiger partial charge in [0.15, 0.2) is 0 Å². The summed E-state index contributed by atoms with van der Waals surface area (Å²) in [5, 5.41) is 2.73. The van der Waals surface area contributed by atoms with E-state index in [1.165, 1.54) is 12.5 Å². The largest absolute Gasteiger partial charge is 0.326 e. The van der Waals surface area contributed by atoms with Crippen molar-refractivity contribution < 1.29 is 4.79 Å². The summed E-state index contributed by atoms with van der Waals surface area (Å²) < 4.78 is 0. The topological polar surface area (TPSA) is 29.1 Å². The van der Waals surface area contributed by atoms with Crippen molar-refractivity contribution >= 4 is 27.5 Å². The first-order valence-electron chi connectivity index (χ1n) is 4.58. The van der Waals surface area contributed by atoms with Gasteiger partial charge in [0.1, 0.15) is 0 Å². The molecule has 1 unspecified atom stereocenters. The second kappa shape index (κ2) is 5.15. The Balaban J connectivity index is 2.63. The Morgan fingerprint density at radius 3 is 2.43 bits per heavy atom. The molecule has 1 amide bonds. The van der Waals surface area contributed by atoms with Crippen molar-refractivity contribution in [3.63, 3.8) is 0 Å². The lowest BCUT2D eigenvalue weighted by Crippen LogP contribution is -2.05. The molecule has 1 aromatic carbocycles. The van der Waals surface area contributed by atoms with Gasteiger partial charge in [-0.25, -0.2) is 0 Å². The van der Waals surface area contributed by atoms with Crippen molar-refractivity contribution in [1.82, 2.24) is 0 Å². The van der Waals surface area contributed by atoms with E-state index < -0.39 is 0 Å². The maximum atomic E-state index is 10.8. The number of rotatable bonds is 3. The Hall–Kier alpha value is -0.830. The Morgan fingerprint density at radius 2 is 2.00 bits per heavy atom. The monoisotopic (exact) mass is 255 g/mol. The molecule has 0 aliphatic heterocycles. The summed E-state index contributed by atoms with van der Waals surface area (Å²) in [5.41, 5.74) is 2.12. The number of nitrogens with one attached hydrogen (secondary N) is 1. The zero-order chi connectivity index (χ0) is 10.6. The van der Waals surface area contributed by atoms with E-state index in [4.69, 9.17) is 0 Å². The molecule has 0 aromatic heterocycles. The molecule has 0 spiro atoms. The third-order valence-electron chi connectivity index (χ3n) is 1.79. The fourth-order valence-electron chi connectivity index (χ4n) is 1.25. The predicted octanol–water partition coefficient (Wildman–Crippen LogP) is 2.97. The number of carbonyl (C=O) groups excluding carboxylic acids is 1. The summed E-state index contributed by atoms with van der Waals surface area (Å²) in [6.45, 7) is 3.62. The first kappa shape index (κ1) is 11.2. The Kier molecular flexibility index (Phi) is 4.14. The van der Waals surface area contributed by atoms with E-state index in [1.54, 1.807) is 0 Å². The summed E-state index contributed by atoms with van der Waals surface area (Å²) in [5.74, 6) is -0.0355. The molecule has 1 rings (SSSR count). The molecule has 0 heterocycles. The Bertz CT molecular complexity index is 306. The summed E-state index contributed by atoms with van der Waals surface area (Å²) in [7, 11) is 0. The molecule has 2 nitrogen and oxygen atoms in total. The van der Waals surface area contributed by atoms with Crippen LogP contribution in [0.5, 0.6) is 0 Å². The summed E-state index contributed by atoms with van der Waals surface area (Å²) >= 11 is 3.50. The molecular weight excluding hydrogens is 242 g/mol. The number of benzene rings is 1. The molecule has 0 aliphatic rings. The maximum absolute atomic E-state index is 10.8. The van der Waals surface area contributed by atoms with Crippen molar-refractivity contribution in [2.24, 2.45) is 0 Å². The zero-order valence-electron chi connectivity index (χ0n) is 8.38. The molecule has 0 radical (unpaired) electrons. The lowest BCUT2D eigenvalue weighted by atomic mass is 10.1. The fraction of sp³-hybridized carbons (Fsp3) is 0.364. The van der Waals surface area contributed by atoms with E-state index >= 15 is 0 Å². The van der Waals surface area contributed by atoms with Crippen LogP contribution in [0.4, 0.5) is 5.69 Å². The van der Waals surface area contributed by atoms with Crippen LogP contribution >= 0.6 is 15.9 Å². The third kappa shape index (κ3) is 3.92. The minimum absolute atomic E-state index is 0.0355. The summed E-state index contributed by atoms with van der Waals surface area (Å²) in [6.07, 6.45) is 1.00. The Morgan fingerprint density at radius 1 is 1.43 bits per heavy atom. The second-order valence-electron chi connectivity index (χ2n) is 3.36. The molecule has 0 saturated heterocycles. The number of alkyl halides is 1. The van der Waals surface area contributed by atoms with E-state index in [0.29, 0.717) is 4.83 Å². The normalized spacial score (nSPS) is 12.2. The van der Waals surface area contributed by atoms with E-state index in [2.05, 4.69) is 28.2 Å². The smallest absolute Gasteiger partial charge is 0.221 e. The number of carbonyl (C=O) groups is 1. The van der Waals surface area contributed by atoms with Crippen LogP contribution in [0.3, 0.4) is 0 Å². The molecule has 1 N–H and O–H groups in total. The molecule has 14 heavy (non-hydrogen) atoms. The quantitative estimate of drug-likeness (QED) is 0.827. The highest BCUT2D eigenvalue weighted by molar-refractivity contribution is 9.09. The average molecular weight is 256 g/mol. The third-order valence-corrected chi connectivity index (χ3v) is 2.12. The van der Waals surface area contributed by atoms with Gasteiger partial charge in [0.2, 0.25) is 5.91 Å². The highest BCUT2D eigenvalue weighted by Crippen LogP contribution is 2.13. The average Bonchev–Trinajstić information content (AvgIpc) is 2.06. The molecule has 1 atom stereocenters. The van der Waals surface area contributed by atoms with Gasteiger partial charge in [0.25, 0.3) is 0 Å². The summed E-state index contributed by atoms with van der Waals surface area (Å²) in [6, 6.07) is 7.91. The summed E-state index contributed by atoms with van der Waals surface area (Å²) in [4.78, 5) is 11.2. The van der Waals surface area contributed by atoms with Crippen LogP contribution in [-0.2, 0) is 11.2 Å². The SMILES string of the molecule is CC(=O)Nc1ccc(CC(C)Br)cc1. The van der Waals surface area contributed by atoms with Crippen LogP contribution in [0.25, 0.3) is 0 Å². The molecular formula is C11H14BrNO. The van der Waals surface area contributed by atoms with Gasteiger partial charge in [0, 0.05) is 17.4 Å². The first-order chi connectivity index (χ1) is 6.58. The van der Waals surface area contributed by atoms with E-state index in [-0.39, 0.29) is 5.91 Å². The lowest BCUT2D eigenvalue weighted by Gasteiger charge is -2.05. The van der Waals surface area contributed by atoms with Gasteiger partial charge in [-0.2, -0.15) is 0 Å². The van der Waals surface area contributed by atoms with Crippen molar-refractivity contribution in [3.8, 4) is 0 Å². The maximum Gasteiger partial charge on any atom is 0.221 e. The standard InChI is InChI=1S/C11H14BrNO/c1-8(12)7-10-3-5-11(6-4-10)13-9(2)14/h3-6,8H,7H2,1-2H3,(H,13,14). The second-order valence-corrected chi connectivity index (χ2v) is 4.93. The van der Waals surface area contributed by atoms with Crippen molar-refractivity contribution in [2.45, 2.75) is 25.1 Å². The Labute approximate surface area is 92.8 Å². The molecule has 0 fully saturated rings. The van der Waals surface area contributed by atoms with Crippen LogP contribution in [0.15, 0.2) is 24.3 Å². The van der Waals surface area contributed by atoms with Crippen molar-refractivity contribution in [3.05, 3.63) is 29.8 Å². The van der Waals surface area contributed by atoms with Crippen LogP contribution in [0, 0.1) is 0 Å². The number of hydrogen-bond donors (Lipinski definition) is 1.